The monoisotopic (exact) mass is 417 g/mol. The van der Waals surface area contributed by atoms with Gasteiger partial charge in [0.1, 0.15) is 22.1 Å². The Kier molecular flexibility index (Phi) is 5.79. The second-order valence-corrected chi connectivity index (χ2v) is 8.62. The number of halogens is 1. The smallest absolute Gasteiger partial charge is 0.416 e. The van der Waals surface area contributed by atoms with Gasteiger partial charge in [0.2, 0.25) is 0 Å². The van der Waals surface area contributed by atoms with Crippen LogP contribution in [-0.2, 0) is 10.2 Å². The number of pyridine rings is 1. The Balaban J connectivity index is 1.97. The number of nitrogens with zero attached hydrogens (tertiary/aromatic N) is 4. The second kappa shape index (κ2) is 7.98. The molecular formula is C20H24FN5O2S. The topological polar surface area (TPSA) is 94.2 Å². The molecule has 1 amide bonds. The first kappa shape index (κ1) is 21.0. The molecule has 0 aromatic carbocycles. The molecule has 1 saturated carbocycles. The summed E-state index contributed by atoms with van der Waals surface area (Å²) in [5.41, 5.74) is 4.98. The molecule has 0 unspecified atom stereocenters. The van der Waals surface area contributed by atoms with Crippen molar-refractivity contribution in [1.29, 1.82) is 0 Å². The van der Waals surface area contributed by atoms with Crippen LogP contribution in [0.3, 0.4) is 0 Å². The number of carbonyl (C=O) groups is 1. The van der Waals surface area contributed by atoms with Crippen molar-refractivity contribution in [2.45, 2.75) is 51.0 Å². The van der Waals surface area contributed by atoms with Crippen molar-refractivity contribution >= 4 is 29.1 Å². The van der Waals surface area contributed by atoms with Gasteiger partial charge in [-0.15, -0.1) is 10.2 Å². The first-order valence-corrected chi connectivity index (χ1v) is 9.77. The lowest BCUT2D eigenvalue weighted by molar-refractivity contribution is 0.0557. The molecule has 0 saturated heterocycles. The molecule has 0 atom stereocenters. The second-order valence-electron chi connectivity index (χ2n) is 8.18. The van der Waals surface area contributed by atoms with Crippen molar-refractivity contribution in [3.8, 4) is 0 Å². The van der Waals surface area contributed by atoms with E-state index in [1.165, 1.54) is 11.0 Å². The summed E-state index contributed by atoms with van der Waals surface area (Å²) >= 11 is 4.91. The van der Waals surface area contributed by atoms with E-state index in [0.29, 0.717) is 24.2 Å². The van der Waals surface area contributed by atoms with Gasteiger partial charge in [0.25, 0.3) is 0 Å². The van der Waals surface area contributed by atoms with Gasteiger partial charge in [0.05, 0.1) is 5.69 Å². The van der Waals surface area contributed by atoms with E-state index in [0.717, 1.165) is 6.42 Å². The molecule has 0 aliphatic heterocycles. The maximum atomic E-state index is 14.5. The lowest BCUT2D eigenvalue weighted by Gasteiger charge is -2.44. The summed E-state index contributed by atoms with van der Waals surface area (Å²) < 4.78 is 20.1. The minimum atomic E-state index is -0.704. The van der Waals surface area contributed by atoms with Crippen molar-refractivity contribution in [3.63, 3.8) is 0 Å². The third kappa shape index (κ3) is 4.67. The molecule has 29 heavy (non-hydrogen) atoms. The van der Waals surface area contributed by atoms with Crippen LogP contribution in [0.1, 0.15) is 51.4 Å². The molecule has 154 valence electrons. The summed E-state index contributed by atoms with van der Waals surface area (Å²) in [6.45, 7) is 5.52. The van der Waals surface area contributed by atoms with E-state index in [9.17, 15) is 9.18 Å². The van der Waals surface area contributed by atoms with Crippen LogP contribution in [0, 0.1) is 5.82 Å². The zero-order valence-electron chi connectivity index (χ0n) is 16.7. The van der Waals surface area contributed by atoms with Gasteiger partial charge in [-0.1, -0.05) is 18.6 Å². The van der Waals surface area contributed by atoms with Gasteiger partial charge in [-0.3, -0.25) is 9.88 Å². The van der Waals surface area contributed by atoms with Gasteiger partial charge in [-0.05, 0) is 57.9 Å². The van der Waals surface area contributed by atoms with E-state index in [-0.39, 0.29) is 23.2 Å². The number of thiocarbonyl (C=S) groups is 1. The minimum Gasteiger partial charge on any atom is -0.443 e. The molecule has 7 nitrogen and oxygen atoms in total. The van der Waals surface area contributed by atoms with Gasteiger partial charge in [0.15, 0.2) is 5.82 Å². The highest BCUT2D eigenvalue weighted by atomic mass is 32.1. The maximum absolute atomic E-state index is 14.5. The first-order valence-electron chi connectivity index (χ1n) is 9.36. The lowest BCUT2D eigenvalue weighted by Crippen LogP contribution is -2.50. The normalized spacial score (nSPS) is 15.3. The summed E-state index contributed by atoms with van der Waals surface area (Å²) in [5.74, 6) is -0.104. The highest BCUT2D eigenvalue weighted by Crippen LogP contribution is 2.45. The number of nitrogens with two attached hydrogens (primary N) is 1. The van der Waals surface area contributed by atoms with Crippen LogP contribution in [0.25, 0.3) is 0 Å². The van der Waals surface area contributed by atoms with Crippen molar-refractivity contribution in [3.05, 3.63) is 47.7 Å². The summed E-state index contributed by atoms with van der Waals surface area (Å²) in [7, 11) is 0. The van der Waals surface area contributed by atoms with Gasteiger partial charge >= 0.3 is 6.09 Å². The number of rotatable bonds is 5. The Hall–Kier alpha value is -2.68. The Morgan fingerprint density at radius 2 is 2.03 bits per heavy atom. The molecule has 0 radical (unpaired) electrons. The van der Waals surface area contributed by atoms with Gasteiger partial charge in [-0.2, -0.15) is 0 Å². The fraction of sp³-hybridized carbons (Fsp3) is 0.450. The average Bonchev–Trinajstić information content (AvgIpc) is 2.61. The first-order chi connectivity index (χ1) is 13.6. The van der Waals surface area contributed by atoms with Crippen LogP contribution in [0.5, 0.6) is 0 Å². The predicted octanol–water partition coefficient (Wildman–Crippen LogP) is 3.51. The molecule has 9 heteroatoms. The number of carbonyl (C=O) groups excluding carboxylic acids is 1. The van der Waals surface area contributed by atoms with Crippen molar-refractivity contribution in [2.75, 3.05) is 11.4 Å². The fourth-order valence-electron chi connectivity index (χ4n) is 3.31. The van der Waals surface area contributed by atoms with Crippen LogP contribution < -0.4 is 10.6 Å². The number of anilines is 1. The van der Waals surface area contributed by atoms with Gasteiger partial charge in [0, 0.05) is 18.2 Å². The van der Waals surface area contributed by atoms with E-state index < -0.39 is 17.1 Å². The number of hydrogen-bond acceptors (Lipinski definition) is 6. The standard InChI is InChI=1S/C20H24FN5O2S/c1-19(2,3)28-18(27)26(15-8-7-14(17(22)29)24-25-15)12-20(9-5-10-20)16-13(21)6-4-11-23-16/h4,6-8,11H,5,9-10,12H2,1-3H3,(H2,22,29). The van der Waals surface area contributed by atoms with Crippen LogP contribution >= 0.6 is 12.2 Å². The molecule has 2 heterocycles. The zero-order chi connectivity index (χ0) is 21.2. The SMILES string of the molecule is CC(C)(C)OC(=O)N(CC1(c2ncccc2F)CCC1)c1ccc(C(N)=S)nn1. The number of hydrogen-bond donors (Lipinski definition) is 1. The third-order valence-electron chi connectivity index (χ3n) is 4.83. The Morgan fingerprint density at radius 1 is 1.31 bits per heavy atom. The molecule has 1 aliphatic carbocycles. The average molecular weight is 418 g/mol. The Labute approximate surface area is 174 Å². The van der Waals surface area contributed by atoms with Crippen molar-refractivity contribution in [1.82, 2.24) is 15.2 Å². The largest absolute Gasteiger partial charge is 0.443 e. The summed E-state index contributed by atoms with van der Waals surface area (Å²) in [5, 5.41) is 8.09. The number of ether oxygens (including phenoxy) is 1. The van der Waals surface area contributed by atoms with Crippen LogP contribution in [0.2, 0.25) is 0 Å². The summed E-state index contributed by atoms with van der Waals surface area (Å²) in [4.78, 5) is 18.7. The summed E-state index contributed by atoms with van der Waals surface area (Å²) in [6, 6.07) is 6.14. The third-order valence-corrected chi connectivity index (χ3v) is 5.03. The van der Waals surface area contributed by atoms with E-state index in [1.807, 2.05) is 0 Å². The van der Waals surface area contributed by atoms with Crippen LogP contribution in [0.15, 0.2) is 30.5 Å². The van der Waals surface area contributed by atoms with Crippen LogP contribution in [0.4, 0.5) is 15.0 Å². The Bertz CT molecular complexity index is 910. The molecule has 0 spiro atoms. The van der Waals surface area contributed by atoms with E-state index in [1.54, 1.807) is 45.2 Å². The molecule has 3 rings (SSSR count). The lowest BCUT2D eigenvalue weighted by atomic mass is 9.66. The minimum absolute atomic E-state index is 0.110. The molecule has 2 aromatic rings. The van der Waals surface area contributed by atoms with Crippen LogP contribution in [-0.4, -0.2) is 38.4 Å². The zero-order valence-corrected chi connectivity index (χ0v) is 17.5. The number of amides is 1. The van der Waals surface area contributed by atoms with Crippen molar-refractivity contribution in [2.24, 2.45) is 5.73 Å². The molecule has 1 fully saturated rings. The number of aromatic nitrogens is 3. The van der Waals surface area contributed by atoms with E-state index in [4.69, 9.17) is 22.7 Å². The van der Waals surface area contributed by atoms with E-state index >= 15 is 0 Å². The molecular weight excluding hydrogens is 393 g/mol. The van der Waals surface area contributed by atoms with Crippen molar-refractivity contribution < 1.29 is 13.9 Å². The highest BCUT2D eigenvalue weighted by molar-refractivity contribution is 7.80. The fourth-order valence-corrected chi connectivity index (χ4v) is 3.42. The highest BCUT2D eigenvalue weighted by Gasteiger charge is 2.45. The summed E-state index contributed by atoms with van der Waals surface area (Å²) in [6.07, 6.45) is 3.31. The molecule has 2 aromatic heterocycles. The van der Waals surface area contributed by atoms with E-state index in [2.05, 4.69) is 15.2 Å². The molecule has 0 bridgehead atoms. The quantitative estimate of drug-likeness (QED) is 0.744. The van der Waals surface area contributed by atoms with Gasteiger partial charge in [-0.25, -0.2) is 9.18 Å². The predicted molar refractivity (Wildman–Crippen MR) is 111 cm³/mol. The Morgan fingerprint density at radius 3 is 2.52 bits per heavy atom. The maximum Gasteiger partial charge on any atom is 0.416 e. The van der Waals surface area contributed by atoms with Gasteiger partial charge < -0.3 is 10.5 Å². The molecule has 1 aliphatic rings. The molecule has 2 N–H and O–H groups in total.